The van der Waals surface area contributed by atoms with Gasteiger partial charge in [-0.1, -0.05) is 18.2 Å². The molecular formula is C12H15NO2. The molecule has 1 aromatic rings. The van der Waals surface area contributed by atoms with Crippen LogP contribution in [0.5, 0.6) is 0 Å². The first-order chi connectivity index (χ1) is 7.25. The van der Waals surface area contributed by atoms with Gasteiger partial charge in [0, 0.05) is 6.54 Å². The number of carbonyl (C=O) groups is 1. The number of aryl methyl sites for hydroxylation is 1. The molecule has 80 valence electrons. The molecule has 1 aliphatic heterocycles. The number of nitrogens with one attached hydrogen (secondary N) is 1. The zero-order valence-electron chi connectivity index (χ0n) is 8.62. The third-order valence-electron chi connectivity index (χ3n) is 2.74. The number of fused-ring (bicyclic) bond motifs is 1. The first kappa shape index (κ1) is 10.2. The van der Waals surface area contributed by atoms with Gasteiger partial charge in [0.05, 0.1) is 6.42 Å². The lowest BCUT2D eigenvalue weighted by Crippen LogP contribution is -2.12. The molecule has 0 fully saturated rings. The van der Waals surface area contributed by atoms with E-state index >= 15 is 0 Å². The summed E-state index contributed by atoms with van der Waals surface area (Å²) in [6.45, 7) is 1.95. The van der Waals surface area contributed by atoms with Gasteiger partial charge in [-0.15, -0.1) is 0 Å². The fourth-order valence-corrected chi connectivity index (χ4v) is 2.00. The van der Waals surface area contributed by atoms with Gasteiger partial charge in [0.15, 0.2) is 0 Å². The van der Waals surface area contributed by atoms with E-state index in [9.17, 15) is 4.79 Å². The van der Waals surface area contributed by atoms with Crippen LogP contribution in [-0.4, -0.2) is 17.6 Å². The van der Waals surface area contributed by atoms with Gasteiger partial charge in [-0.3, -0.25) is 4.79 Å². The summed E-state index contributed by atoms with van der Waals surface area (Å²) in [6, 6.07) is 6.00. The number of hydrogen-bond acceptors (Lipinski definition) is 2. The van der Waals surface area contributed by atoms with Crippen molar-refractivity contribution in [3.8, 4) is 0 Å². The molecule has 0 aromatic heterocycles. The number of carboxylic acids is 1. The Morgan fingerprint density at radius 2 is 2.27 bits per heavy atom. The van der Waals surface area contributed by atoms with E-state index in [-0.39, 0.29) is 6.42 Å². The summed E-state index contributed by atoms with van der Waals surface area (Å²) in [5, 5.41) is 12.1. The van der Waals surface area contributed by atoms with Crippen LogP contribution in [0.4, 0.5) is 0 Å². The average molecular weight is 205 g/mol. The van der Waals surface area contributed by atoms with E-state index in [0.717, 1.165) is 31.5 Å². The summed E-state index contributed by atoms with van der Waals surface area (Å²) in [7, 11) is 0. The second kappa shape index (κ2) is 4.45. The van der Waals surface area contributed by atoms with Crippen molar-refractivity contribution >= 4 is 5.97 Å². The minimum Gasteiger partial charge on any atom is -0.481 e. The van der Waals surface area contributed by atoms with Crippen molar-refractivity contribution in [1.82, 2.24) is 5.32 Å². The largest absolute Gasteiger partial charge is 0.481 e. The van der Waals surface area contributed by atoms with Gasteiger partial charge in [0.1, 0.15) is 0 Å². The molecule has 0 radical (unpaired) electrons. The van der Waals surface area contributed by atoms with Crippen LogP contribution in [0.2, 0.25) is 0 Å². The van der Waals surface area contributed by atoms with Gasteiger partial charge in [-0.25, -0.2) is 0 Å². The van der Waals surface area contributed by atoms with Gasteiger partial charge in [0.25, 0.3) is 0 Å². The van der Waals surface area contributed by atoms with Gasteiger partial charge < -0.3 is 10.4 Å². The molecule has 0 unspecified atom stereocenters. The van der Waals surface area contributed by atoms with Crippen LogP contribution in [-0.2, 0) is 24.2 Å². The van der Waals surface area contributed by atoms with Gasteiger partial charge in [0.2, 0.25) is 0 Å². The van der Waals surface area contributed by atoms with Gasteiger partial charge >= 0.3 is 5.97 Å². The predicted molar refractivity (Wildman–Crippen MR) is 57.8 cm³/mol. The van der Waals surface area contributed by atoms with E-state index in [1.54, 1.807) is 0 Å². The molecule has 0 amide bonds. The maximum Gasteiger partial charge on any atom is 0.307 e. The van der Waals surface area contributed by atoms with E-state index in [1.807, 2.05) is 18.2 Å². The Kier molecular flexibility index (Phi) is 3.02. The quantitative estimate of drug-likeness (QED) is 0.766. The van der Waals surface area contributed by atoms with Crippen LogP contribution in [0, 0.1) is 0 Å². The Morgan fingerprint density at radius 3 is 3.07 bits per heavy atom. The lowest BCUT2D eigenvalue weighted by Gasteiger charge is -2.07. The summed E-state index contributed by atoms with van der Waals surface area (Å²) in [5.74, 6) is -0.762. The summed E-state index contributed by atoms with van der Waals surface area (Å²) < 4.78 is 0. The lowest BCUT2D eigenvalue weighted by molar-refractivity contribution is -0.136. The highest BCUT2D eigenvalue weighted by Crippen LogP contribution is 2.16. The topological polar surface area (TPSA) is 49.3 Å². The minimum atomic E-state index is -0.762. The van der Waals surface area contributed by atoms with Crippen molar-refractivity contribution < 1.29 is 9.90 Å². The van der Waals surface area contributed by atoms with Crippen LogP contribution < -0.4 is 5.32 Å². The van der Waals surface area contributed by atoms with Gasteiger partial charge in [-0.2, -0.15) is 0 Å². The van der Waals surface area contributed by atoms with E-state index in [1.165, 1.54) is 11.1 Å². The Morgan fingerprint density at radius 1 is 1.40 bits per heavy atom. The molecule has 0 atom stereocenters. The molecule has 3 nitrogen and oxygen atoms in total. The zero-order chi connectivity index (χ0) is 10.7. The fourth-order valence-electron chi connectivity index (χ4n) is 2.00. The molecule has 0 saturated carbocycles. The average Bonchev–Trinajstić information content (AvgIpc) is 2.41. The van der Waals surface area contributed by atoms with Crippen molar-refractivity contribution in [2.24, 2.45) is 0 Å². The fraction of sp³-hybridized carbons (Fsp3) is 0.417. The summed E-state index contributed by atoms with van der Waals surface area (Å²) in [4.78, 5) is 10.6. The smallest absolute Gasteiger partial charge is 0.307 e. The molecule has 1 heterocycles. The van der Waals surface area contributed by atoms with E-state index in [0.29, 0.717) is 0 Å². The number of aliphatic carboxylic acids is 1. The predicted octanol–water partition coefficient (Wildman–Crippen LogP) is 1.35. The standard InChI is InChI=1S/C12H15NO2/c14-12(15)7-9-3-4-11-8-13-5-1-2-10(11)6-9/h3-4,6,13H,1-2,5,7-8H2,(H,14,15). The Hall–Kier alpha value is -1.35. The molecule has 0 saturated heterocycles. The Labute approximate surface area is 89.1 Å². The molecule has 2 N–H and O–H groups in total. The maximum atomic E-state index is 10.6. The van der Waals surface area contributed by atoms with Crippen molar-refractivity contribution in [2.75, 3.05) is 6.54 Å². The van der Waals surface area contributed by atoms with Crippen molar-refractivity contribution in [3.05, 3.63) is 34.9 Å². The van der Waals surface area contributed by atoms with Crippen LogP contribution in [0.25, 0.3) is 0 Å². The third kappa shape index (κ3) is 2.57. The van der Waals surface area contributed by atoms with E-state index in [2.05, 4.69) is 5.32 Å². The summed E-state index contributed by atoms with van der Waals surface area (Å²) in [5.41, 5.74) is 3.52. The molecule has 1 aliphatic rings. The summed E-state index contributed by atoms with van der Waals surface area (Å²) >= 11 is 0. The number of benzene rings is 1. The first-order valence-electron chi connectivity index (χ1n) is 5.29. The highest BCUT2D eigenvalue weighted by molar-refractivity contribution is 5.70. The molecule has 3 heteroatoms. The van der Waals surface area contributed by atoms with Crippen LogP contribution in [0.3, 0.4) is 0 Å². The zero-order valence-corrected chi connectivity index (χ0v) is 8.62. The second-order valence-corrected chi connectivity index (χ2v) is 3.95. The normalized spacial score (nSPS) is 15.5. The van der Waals surface area contributed by atoms with Crippen molar-refractivity contribution in [3.63, 3.8) is 0 Å². The first-order valence-corrected chi connectivity index (χ1v) is 5.29. The molecule has 0 aliphatic carbocycles. The monoisotopic (exact) mass is 205 g/mol. The molecule has 2 rings (SSSR count). The number of rotatable bonds is 2. The molecule has 0 bridgehead atoms. The van der Waals surface area contributed by atoms with Crippen LogP contribution in [0.1, 0.15) is 23.1 Å². The molecule has 15 heavy (non-hydrogen) atoms. The Balaban J connectivity index is 2.23. The highest BCUT2D eigenvalue weighted by atomic mass is 16.4. The van der Waals surface area contributed by atoms with E-state index < -0.39 is 5.97 Å². The SMILES string of the molecule is O=C(O)Cc1ccc2c(c1)CCCNC2. The molecule has 1 aromatic carbocycles. The van der Waals surface area contributed by atoms with Gasteiger partial charge in [-0.05, 0) is 36.1 Å². The maximum absolute atomic E-state index is 10.6. The number of hydrogen-bond donors (Lipinski definition) is 2. The number of carboxylic acid groups (broad SMARTS) is 1. The third-order valence-corrected chi connectivity index (χ3v) is 2.74. The minimum absolute atomic E-state index is 0.126. The molecular weight excluding hydrogens is 190 g/mol. The Bertz CT molecular complexity index is 374. The van der Waals surface area contributed by atoms with Crippen LogP contribution >= 0.6 is 0 Å². The second-order valence-electron chi connectivity index (χ2n) is 3.95. The lowest BCUT2D eigenvalue weighted by atomic mass is 10.00. The van der Waals surface area contributed by atoms with Crippen LogP contribution in [0.15, 0.2) is 18.2 Å². The van der Waals surface area contributed by atoms with E-state index in [4.69, 9.17) is 5.11 Å². The van der Waals surface area contributed by atoms with Crippen molar-refractivity contribution in [2.45, 2.75) is 25.8 Å². The molecule has 0 spiro atoms. The summed E-state index contributed by atoms with van der Waals surface area (Å²) in [6.07, 6.45) is 2.31. The highest BCUT2D eigenvalue weighted by Gasteiger charge is 2.09. The van der Waals surface area contributed by atoms with Crippen molar-refractivity contribution in [1.29, 1.82) is 0 Å².